The first kappa shape index (κ1) is 37.7. The van der Waals surface area contributed by atoms with Crippen LogP contribution in [0.15, 0.2) is 72.8 Å². The maximum absolute atomic E-state index is 16.1. The zero-order chi connectivity index (χ0) is 36.6. The van der Waals surface area contributed by atoms with Crippen LogP contribution in [0.2, 0.25) is 0 Å². The molecule has 0 spiro atoms. The van der Waals surface area contributed by atoms with Crippen LogP contribution in [-0.2, 0) is 11.2 Å². The van der Waals surface area contributed by atoms with Crippen LogP contribution in [-0.4, -0.2) is 51.2 Å². The molecule has 0 atom stereocenters. The van der Waals surface area contributed by atoms with E-state index < -0.39 is 47.2 Å². The SMILES string of the molecule is CC(C)N(c1c(F)c(Oc2cccc(C(=N)N)c2)nc(Oc2ccc(Cc3ccccc3)cc2C(=O)O)c1F)C(C)C.O=C(O)C(F)(F)F. The summed E-state index contributed by atoms with van der Waals surface area (Å²) in [6, 6.07) is 19.5. The molecule has 0 saturated carbocycles. The number of halogens is 5. The second-order valence-electron chi connectivity index (χ2n) is 11.0. The molecule has 0 fully saturated rings. The summed E-state index contributed by atoms with van der Waals surface area (Å²) < 4.78 is 75.2. The maximum Gasteiger partial charge on any atom is 0.490 e. The molecular weight excluding hydrogens is 655 g/mol. The molecular formula is C34H33F5N4O6. The number of amidine groups is 1. The number of aromatic carboxylic acids is 1. The number of pyridine rings is 1. The second kappa shape index (κ2) is 15.9. The highest BCUT2D eigenvalue weighted by Gasteiger charge is 2.38. The van der Waals surface area contributed by atoms with Crippen molar-refractivity contribution >= 4 is 23.5 Å². The highest BCUT2D eigenvalue weighted by atomic mass is 19.4. The van der Waals surface area contributed by atoms with Crippen LogP contribution in [0, 0.1) is 17.0 Å². The highest BCUT2D eigenvalue weighted by molar-refractivity contribution is 5.95. The van der Waals surface area contributed by atoms with Gasteiger partial charge in [-0.05, 0) is 69.5 Å². The number of nitrogens with two attached hydrogens (primary N) is 1. The van der Waals surface area contributed by atoms with Crippen molar-refractivity contribution in [3.05, 3.63) is 107 Å². The van der Waals surface area contributed by atoms with E-state index in [0.717, 1.165) is 5.56 Å². The Labute approximate surface area is 278 Å². The lowest BCUT2D eigenvalue weighted by atomic mass is 10.0. The molecule has 0 radical (unpaired) electrons. The number of aromatic nitrogens is 1. The number of nitrogens with zero attached hydrogens (tertiary/aromatic N) is 2. The molecule has 0 amide bonds. The summed E-state index contributed by atoms with van der Waals surface area (Å²) in [5.74, 6) is -7.75. The van der Waals surface area contributed by atoms with E-state index in [1.54, 1.807) is 45.9 Å². The number of rotatable bonds is 11. The molecule has 0 aliphatic carbocycles. The molecule has 0 aliphatic heterocycles. The van der Waals surface area contributed by atoms with Crippen molar-refractivity contribution in [3.63, 3.8) is 0 Å². The Morgan fingerprint density at radius 3 is 1.94 bits per heavy atom. The Kier molecular flexibility index (Phi) is 12.2. The van der Waals surface area contributed by atoms with Gasteiger partial charge in [0.1, 0.15) is 28.6 Å². The number of hydrogen-bond donors (Lipinski definition) is 4. The van der Waals surface area contributed by atoms with E-state index in [0.29, 0.717) is 17.5 Å². The first-order valence-electron chi connectivity index (χ1n) is 14.6. The third-order valence-electron chi connectivity index (χ3n) is 6.70. The van der Waals surface area contributed by atoms with Crippen molar-refractivity contribution in [1.29, 1.82) is 5.41 Å². The van der Waals surface area contributed by atoms with Gasteiger partial charge in [0.05, 0.1) is 0 Å². The number of alkyl halides is 3. The van der Waals surface area contributed by atoms with E-state index in [2.05, 4.69) is 4.98 Å². The van der Waals surface area contributed by atoms with Gasteiger partial charge in [-0.2, -0.15) is 26.9 Å². The molecule has 0 unspecified atom stereocenters. The van der Waals surface area contributed by atoms with Gasteiger partial charge in [-0.3, -0.25) is 5.41 Å². The van der Waals surface area contributed by atoms with Crippen molar-refractivity contribution in [3.8, 4) is 23.3 Å². The monoisotopic (exact) mass is 688 g/mol. The fraction of sp³-hybridized carbons (Fsp3) is 0.235. The van der Waals surface area contributed by atoms with E-state index in [-0.39, 0.29) is 35.0 Å². The molecule has 3 aromatic carbocycles. The first-order valence-corrected chi connectivity index (χ1v) is 14.6. The van der Waals surface area contributed by atoms with Crippen molar-refractivity contribution < 1.29 is 51.2 Å². The molecule has 1 aromatic heterocycles. The molecule has 1 heterocycles. The second-order valence-corrected chi connectivity index (χ2v) is 11.0. The molecule has 260 valence electrons. The molecule has 4 rings (SSSR count). The number of hydrogen-bond acceptors (Lipinski definition) is 7. The fourth-order valence-electron chi connectivity index (χ4n) is 4.68. The molecule has 0 bridgehead atoms. The summed E-state index contributed by atoms with van der Waals surface area (Å²) >= 11 is 0. The predicted octanol–water partition coefficient (Wildman–Crippen LogP) is 7.77. The summed E-state index contributed by atoms with van der Waals surface area (Å²) in [5, 5.41) is 24.7. The Hall–Kier alpha value is -5.73. The van der Waals surface area contributed by atoms with E-state index >= 15 is 8.78 Å². The van der Waals surface area contributed by atoms with E-state index in [1.807, 2.05) is 30.3 Å². The quantitative estimate of drug-likeness (QED) is 0.0701. The van der Waals surface area contributed by atoms with E-state index in [4.69, 9.17) is 30.5 Å². The number of nitrogen functional groups attached to an aromatic ring is 1. The Bertz CT molecular complexity index is 1810. The zero-order valence-corrected chi connectivity index (χ0v) is 26.7. The number of carboxylic acids is 2. The molecule has 5 N–H and O–H groups in total. The van der Waals surface area contributed by atoms with E-state index in [9.17, 15) is 23.1 Å². The lowest BCUT2D eigenvalue weighted by molar-refractivity contribution is -0.192. The highest BCUT2D eigenvalue weighted by Crippen LogP contribution is 2.40. The summed E-state index contributed by atoms with van der Waals surface area (Å²) in [6.45, 7) is 7.13. The first-order chi connectivity index (χ1) is 22.9. The Morgan fingerprint density at radius 1 is 0.857 bits per heavy atom. The minimum absolute atomic E-state index is 0.106. The van der Waals surface area contributed by atoms with Crippen LogP contribution in [0.4, 0.5) is 27.6 Å². The van der Waals surface area contributed by atoms with Gasteiger partial charge >= 0.3 is 18.1 Å². The summed E-state index contributed by atoms with van der Waals surface area (Å²) in [4.78, 5) is 26.6. The van der Waals surface area contributed by atoms with Crippen LogP contribution in [0.3, 0.4) is 0 Å². The summed E-state index contributed by atoms with van der Waals surface area (Å²) in [6.07, 6.45) is -4.61. The number of benzene rings is 3. The molecule has 15 heteroatoms. The van der Waals surface area contributed by atoms with Crippen molar-refractivity contribution in [2.75, 3.05) is 4.90 Å². The van der Waals surface area contributed by atoms with Gasteiger partial charge in [0.25, 0.3) is 11.8 Å². The van der Waals surface area contributed by atoms with Gasteiger partial charge in [-0.1, -0.05) is 48.5 Å². The lowest BCUT2D eigenvalue weighted by Crippen LogP contribution is -2.38. The zero-order valence-electron chi connectivity index (χ0n) is 26.7. The van der Waals surface area contributed by atoms with Crippen molar-refractivity contribution in [2.45, 2.75) is 52.4 Å². The van der Waals surface area contributed by atoms with Gasteiger partial charge in [0.2, 0.25) is 11.6 Å². The fourth-order valence-corrected chi connectivity index (χ4v) is 4.68. The third kappa shape index (κ3) is 9.89. The molecule has 0 saturated heterocycles. The van der Waals surface area contributed by atoms with Gasteiger partial charge < -0.3 is 30.3 Å². The van der Waals surface area contributed by atoms with Gasteiger partial charge in [0.15, 0.2) is 0 Å². The summed E-state index contributed by atoms with van der Waals surface area (Å²) in [7, 11) is 0. The molecule has 4 aromatic rings. The van der Waals surface area contributed by atoms with Gasteiger partial charge in [-0.15, -0.1) is 0 Å². The minimum atomic E-state index is -5.08. The van der Waals surface area contributed by atoms with Crippen molar-refractivity contribution in [1.82, 2.24) is 4.98 Å². The minimum Gasteiger partial charge on any atom is -0.478 e. The number of nitrogens with one attached hydrogen (secondary N) is 1. The topological polar surface area (TPSA) is 159 Å². The number of carbonyl (C=O) groups is 2. The van der Waals surface area contributed by atoms with E-state index in [1.165, 1.54) is 29.2 Å². The van der Waals surface area contributed by atoms with Crippen LogP contribution in [0.1, 0.15) is 54.7 Å². The third-order valence-corrected chi connectivity index (χ3v) is 6.70. The number of anilines is 1. The molecule has 49 heavy (non-hydrogen) atoms. The number of carboxylic acid groups (broad SMARTS) is 2. The molecule has 10 nitrogen and oxygen atoms in total. The lowest BCUT2D eigenvalue weighted by Gasteiger charge is -2.33. The Morgan fingerprint density at radius 2 is 1.43 bits per heavy atom. The number of ether oxygens (including phenoxy) is 2. The Balaban J connectivity index is 0.000000838. The van der Waals surface area contributed by atoms with Crippen molar-refractivity contribution in [2.24, 2.45) is 5.73 Å². The van der Waals surface area contributed by atoms with Gasteiger partial charge in [-0.25, -0.2) is 9.59 Å². The summed E-state index contributed by atoms with van der Waals surface area (Å²) in [5.41, 5.74) is 6.95. The number of aliphatic carboxylic acids is 1. The predicted molar refractivity (Wildman–Crippen MR) is 171 cm³/mol. The smallest absolute Gasteiger partial charge is 0.478 e. The van der Waals surface area contributed by atoms with Gasteiger partial charge in [0, 0.05) is 17.6 Å². The largest absolute Gasteiger partial charge is 0.490 e. The normalized spacial score (nSPS) is 11.1. The van der Waals surface area contributed by atoms with Crippen LogP contribution >= 0.6 is 0 Å². The standard InChI is InChI=1S/C32H32F2N4O4.C2HF3O2/c1-18(2)38(19(3)4)28-26(33)30(41-23-12-8-11-22(17-23)29(35)36)37-31(27(28)34)42-25-14-13-21(16-24(25)32(39)40)15-20-9-6-5-7-10-20;3-2(4,5)1(6)7/h5-14,16-19H,15H2,1-4H3,(H3,35,36)(H,39,40);(H,6,7). The molecule has 0 aliphatic rings. The average Bonchev–Trinajstić information content (AvgIpc) is 3.02. The van der Waals surface area contributed by atoms with Crippen LogP contribution in [0.5, 0.6) is 23.3 Å². The van der Waals surface area contributed by atoms with Crippen LogP contribution in [0.25, 0.3) is 0 Å². The maximum atomic E-state index is 16.1. The average molecular weight is 689 g/mol. The van der Waals surface area contributed by atoms with Crippen LogP contribution < -0.4 is 20.1 Å².